The zero-order chi connectivity index (χ0) is 16.2. The summed E-state index contributed by atoms with van der Waals surface area (Å²) < 4.78 is 2.70. The van der Waals surface area contributed by atoms with Crippen molar-refractivity contribution in [2.24, 2.45) is 7.05 Å². The summed E-state index contributed by atoms with van der Waals surface area (Å²) in [5.74, 6) is -0.0972. The molecule has 0 saturated carbocycles. The van der Waals surface area contributed by atoms with E-state index in [0.29, 0.717) is 12.1 Å². The van der Waals surface area contributed by atoms with Crippen LogP contribution in [0.3, 0.4) is 0 Å². The number of nitrogens with one attached hydrogen (secondary N) is 1. The van der Waals surface area contributed by atoms with Crippen LogP contribution in [-0.4, -0.2) is 20.7 Å². The van der Waals surface area contributed by atoms with Gasteiger partial charge in [-0.2, -0.15) is 5.10 Å². The maximum Gasteiger partial charge on any atom is 0.252 e. The number of pyridine rings is 1. The highest BCUT2D eigenvalue weighted by molar-refractivity contribution is 14.1. The lowest BCUT2D eigenvalue weighted by Gasteiger charge is -2.04. The molecule has 0 unspecified atom stereocenters. The molecule has 6 heteroatoms. The average Bonchev–Trinajstić information content (AvgIpc) is 2.95. The van der Waals surface area contributed by atoms with Crippen LogP contribution < -0.4 is 5.32 Å². The van der Waals surface area contributed by atoms with Gasteiger partial charge < -0.3 is 5.32 Å². The first-order chi connectivity index (χ1) is 11.1. The van der Waals surface area contributed by atoms with E-state index < -0.39 is 0 Å². The van der Waals surface area contributed by atoms with Crippen LogP contribution >= 0.6 is 22.6 Å². The van der Waals surface area contributed by atoms with Gasteiger partial charge in [-0.05, 0) is 52.9 Å². The van der Waals surface area contributed by atoms with Crippen molar-refractivity contribution in [1.82, 2.24) is 20.1 Å². The Labute approximate surface area is 147 Å². The highest BCUT2D eigenvalue weighted by atomic mass is 127. The van der Waals surface area contributed by atoms with Gasteiger partial charge in [0.05, 0.1) is 29.2 Å². The molecule has 2 aromatic heterocycles. The fraction of sp³-hybridized carbons (Fsp3) is 0.118. The largest absolute Gasteiger partial charge is 0.346 e. The number of nitrogens with zero attached hydrogens (tertiary/aromatic N) is 3. The number of carbonyl (C=O) groups is 1. The zero-order valence-corrected chi connectivity index (χ0v) is 14.7. The molecule has 1 N–H and O–H groups in total. The Morgan fingerprint density at radius 3 is 2.74 bits per heavy atom. The quantitative estimate of drug-likeness (QED) is 0.663. The monoisotopic (exact) mass is 418 g/mol. The SMILES string of the molecule is Cn1nc(CNC(=O)c2ccccc2I)cc1-c1ccccn1. The molecule has 3 aromatic rings. The lowest BCUT2D eigenvalue weighted by molar-refractivity contribution is 0.0949. The average molecular weight is 418 g/mol. The fourth-order valence-corrected chi connectivity index (χ4v) is 2.91. The molecule has 2 heterocycles. The van der Waals surface area contributed by atoms with Gasteiger partial charge in [0.2, 0.25) is 0 Å². The maximum atomic E-state index is 12.2. The Bertz CT molecular complexity index is 830. The zero-order valence-electron chi connectivity index (χ0n) is 12.5. The lowest BCUT2D eigenvalue weighted by atomic mass is 10.2. The van der Waals surface area contributed by atoms with Gasteiger partial charge in [0.15, 0.2) is 0 Å². The standard InChI is InChI=1S/C17H15IN4O/c1-22-16(15-8-4-5-9-19-15)10-12(21-22)11-20-17(23)13-6-2-3-7-14(13)18/h2-10H,11H2,1H3,(H,20,23). The molecule has 0 aliphatic rings. The summed E-state index contributed by atoms with van der Waals surface area (Å²) in [4.78, 5) is 16.6. The third kappa shape index (κ3) is 3.58. The van der Waals surface area contributed by atoms with E-state index in [2.05, 4.69) is 38.0 Å². The third-order valence-electron chi connectivity index (χ3n) is 3.41. The van der Waals surface area contributed by atoms with Crippen LogP contribution in [0.5, 0.6) is 0 Å². The van der Waals surface area contributed by atoms with Gasteiger partial charge in [-0.3, -0.25) is 14.5 Å². The molecule has 0 bridgehead atoms. The van der Waals surface area contributed by atoms with E-state index in [0.717, 1.165) is 20.7 Å². The Balaban J connectivity index is 1.72. The molecule has 0 radical (unpaired) electrons. The summed E-state index contributed by atoms with van der Waals surface area (Å²) in [7, 11) is 1.87. The van der Waals surface area contributed by atoms with Crippen LogP contribution in [0.2, 0.25) is 0 Å². The maximum absolute atomic E-state index is 12.2. The van der Waals surface area contributed by atoms with Gasteiger partial charge in [-0.15, -0.1) is 0 Å². The summed E-state index contributed by atoms with van der Waals surface area (Å²) in [5, 5.41) is 7.34. The predicted molar refractivity (Wildman–Crippen MR) is 96.8 cm³/mol. The second-order valence-electron chi connectivity index (χ2n) is 5.02. The number of benzene rings is 1. The Morgan fingerprint density at radius 2 is 2.00 bits per heavy atom. The lowest BCUT2D eigenvalue weighted by Crippen LogP contribution is -2.23. The smallest absolute Gasteiger partial charge is 0.252 e. The highest BCUT2D eigenvalue weighted by Crippen LogP contribution is 2.17. The van der Waals surface area contributed by atoms with Crippen molar-refractivity contribution in [1.29, 1.82) is 0 Å². The summed E-state index contributed by atoms with van der Waals surface area (Å²) >= 11 is 2.16. The van der Waals surface area contributed by atoms with Gasteiger partial charge in [0.1, 0.15) is 0 Å². The molecular weight excluding hydrogens is 403 g/mol. The summed E-state index contributed by atoms with van der Waals surface area (Å²) in [6, 6.07) is 15.2. The number of aromatic nitrogens is 3. The molecule has 1 amide bonds. The number of carbonyl (C=O) groups excluding carboxylic acids is 1. The number of hydrogen-bond acceptors (Lipinski definition) is 3. The number of aryl methyl sites for hydroxylation is 1. The normalized spacial score (nSPS) is 10.5. The van der Waals surface area contributed by atoms with E-state index in [1.54, 1.807) is 10.9 Å². The van der Waals surface area contributed by atoms with E-state index in [9.17, 15) is 4.79 Å². The highest BCUT2D eigenvalue weighted by Gasteiger charge is 2.11. The minimum absolute atomic E-state index is 0.0972. The summed E-state index contributed by atoms with van der Waals surface area (Å²) in [5.41, 5.74) is 3.25. The van der Waals surface area contributed by atoms with E-state index in [1.165, 1.54) is 0 Å². The Hall–Kier alpha value is -2.22. The van der Waals surface area contributed by atoms with Crippen LogP contribution in [0.1, 0.15) is 16.1 Å². The van der Waals surface area contributed by atoms with Crippen LogP contribution in [0.25, 0.3) is 11.4 Å². The molecule has 0 fully saturated rings. The van der Waals surface area contributed by atoms with Crippen molar-refractivity contribution in [2.45, 2.75) is 6.54 Å². The van der Waals surface area contributed by atoms with Crippen LogP contribution in [0.15, 0.2) is 54.7 Å². The third-order valence-corrected chi connectivity index (χ3v) is 4.35. The van der Waals surface area contributed by atoms with Gasteiger partial charge in [-0.25, -0.2) is 0 Å². The molecule has 23 heavy (non-hydrogen) atoms. The Kier molecular flexibility index (Phi) is 4.71. The number of rotatable bonds is 4. The van der Waals surface area contributed by atoms with Crippen LogP contribution in [0.4, 0.5) is 0 Å². The van der Waals surface area contributed by atoms with Crippen molar-refractivity contribution < 1.29 is 4.79 Å². The molecule has 3 rings (SSSR count). The Morgan fingerprint density at radius 1 is 1.22 bits per heavy atom. The first-order valence-electron chi connectivity index (χ1n) is 7.12. The molecule has 0 aliphatic carbocycles. The van der Waals surface area contributed by atoms with Gasteiger partial charge in [0, 0.05) is 16.8 Å². The van der Waals surface area contributed by atoms with Crippen molar-refractivity contribution in [3.05, 3.63) is 69.6 Å². The minimum atomic E-state index is -0.0972. The molecule has 0 atom stereocenters. The summed E-state index contributed by atoms with van der Waals surface area (Å²) in [6.07, 6.45) is 1.75. The first kappa shape index (κ1) is 15.7. The van der Waals surface area contributed by atoms with Gasteiger partial charge >= 0.3 is 0 Å². The predicted octanol–water partition coefficient (Wildman–Crippen LogP) is 3.02. The second kappa shape index (κ2) is 6.91. The van der Waals surface area contributed by atoms with E-state index >= 15 is 0 Å². The van der Waals surface area contributed by atoms with Crippen molar-refractivity contribution >= 4 is 28.5 Å². The van der Waals surface area contributed by atoms with Gasteiger partial charge in [-0.1, -0.05) is 18.2 Å². The van der Waals surface area contributed by atoms with E-state index in [-0.39, 0.29) is 5.91 Å². The van der Waals surface area contributed by atoms with Crippen molar-refractivity contribution in [2.75, 3.05) is 0 Å². The topological polar surface area (TPSA) is 59.8 Å². The number of halogens is 1. The van der Waals surface area contributed by atoms with Crippen LogP contribution in [-0.2, 0) is 13.6 Å². The van der Waals surface area contributed by atoms with E-state index in [1.807, 2.05) is 55.6 Å². The van der Waals surface area contributed by atoms with Crippen molar-refractivity contribution in [3.8, 4) is 11.4 Å². The molecule has 0 saturated heterocycles. The van der Waals surface area contributed by atoms with Crippen molar-refractivity contribution in [3.63, 3.8) is 0 Å². The molecule has 0 spiro atoms. The molecular formula is C17H15IN4O. The fourth-order valence-electron chi connectivity index (χ4n) is 2.28. The number of amides is 1. The second-order valence-corrected chi connectivity index (χ2v) is 6.18. The van der Waals surface area contributed by atoms with E-state index in [4.69, 9.17) is 0 Å². The minimum Gasteiger partial charge on any atom is -0.346 e. The number of hydrogen-bond donors (Lipinski definition) is 1. The molecule has 5 nitrogen and oxygen atoms in total. The molecule has 116 valence electrons. The van der Waals surface area contributed by atoms with Crippen LogP contribution in [0, 0.1) is 3.57 Å². The molecule has 1 aromatic carbocycles. The first-order valence-corrected chi connectivity index (χ1v) is 8.20. The molecule has 0 aliphatic heterocycles. The summed E-state index contributed by atoms with van der Waals surface area (Å²) in [6.45, 7) is 0.379. The van der Waals surface area contributed by atoms with Gasteiger partial charge in [0.25, 0.3) is 5.91 Å².